The Hall–Kier alpha value is -0.260. The van der Waals surface area contributed by atoms with E-state index in [-0.39, 0.29) is 0 Å². The van der Waals surface area contributed by atoms with E-state index >= 15 is 0 Å². The van der Waals surface area contributed by atoms with Gasteiger partial charge in [-0.25, -0.2) is 0 Å². The van der Waals surface area contributed by atoms with Crippen molar-refractivity contribution in [1.29, 1.82) is 0 Å². The second kappa shape index (κ2) is 4.60. The van der Waals surface area contributed by atoms with Crippen molar-refractivity contribution in [1.82, 2.24) is 0 Å². The minimum atomic E-state index is 0.815. The molecule has 0 atom stereocenters. The summed E-state index contributed by atoms with van der Waals surface area (Å²) in [5, 5.41) is 0. The van der Waals surface area contributed by atoms with E-state index in [1.807, 2.05) is 0 Å². The largest absolute Gasteiger partial charge is 0.0828 e. The van der Waals surface area contributed by atoms with Crippen LogP contribution in [-0.4, -0.2) is 0 Å². The molecule has 0 N–H and O–H groups in total. The van der Waals surface area contributed by atoms with Crippen molar-refractivity contribution < 1.29 is 0 Å². The van der Waals surface area contributed by atoms with Crippen molar-refractivity contribution in [3.63, 3.8) is 0 Å². The topological polar surface area (TPSA) is 0 Å². The Balaban J connectivity index is 3.68. The van der Waals surface area contributed by atoms with Gasteiger partial charge in [-0.05, 0) is 32.6 Å². The Morgan fingerprint density at radius 1 is 1.22 bits per heavy atom. The first-order valence-corrected chi connectivity index (χ1v) is 3.85. The van der Waals surface area contributed by atoms with Crippen molar-refractivity contribution in [3.05, 3.63) is 11.6 Å². The Labute approximate surface area is 59.0 Å². The smallest absolute Gasteiger partial charge is 0.0236 e. The fourth-order valence-corrected chi connectivity index (χ4v) is 0.996. The van der Waals surface area contributed by atoms with Crippen molar-refractivity contribution in [2.24, 2.45) is 5.92 Å². The van der Waals surface area contributed by atoms with Gasteiger partial charge in [0, 0.05) is 0 Å². The highest BCUT2D eigenvalue weighted by Gasteiger charge is 1.96. The van der Waals surface area contributed by atoms with Gasteiger partial charge in [-0.3, -0.25) is 0 Å². The van der Waals surface area contributed by atoms with E-state index in [9.17, 15) is 0 Å². The molecule has 54 valence electrons. The second-order valence-electron chi connectivity index (χ2n) is 2.82. The molecule has 0 aliphatic heterocycles. The molecule has 0 rings (SSSR count). The highest BCUT2D eigenvalue weighted by atomic mass is 14.0. The molecule has 0 unspecified atom stereocenters. The van der Waals surface area contributed by atoms with Crippen molar-refractivity contribution >= 4 is 0 Å². The van der Waals surface area contributed by atoms with Crippen LogP contribution in [0.2, 0.25) is 0 Å². The van der Waals surface area contributed by atoms with Crippen LogP contribution in [0, 0.1) is 5.92 Å². The molecule has 0 aliphatic rings. The summed E-state index contributed by atoms with van der Waals surface area (Å²) in [5.41, 5.74) is 1.45. The number of hydrogen-bond donors (Lipinski definition) is 0. The molecule has 0 amide bonds. The van der Waals surface area contributed by atoms with Gasteiger partial charge < -0.3 is 0 Å². The minimum absolute atomic E-state index is 0.815. The summed E-state index contributed by atoms with van der Waals surface area (Å²) in [6.45, 7) is 8.82. The van der Waals surface area contributed by atoms with Crippen molar-refractivity contribution in [3.8, 4) is 0 Å². The SMILES string of the molecule is CCC(C=C(C)C)CC. The number of allylic oxidation sites excluding steroid dienone is 2. The van der Waals surface area contributed by atoms with E-state index in [0.717, 1.165) is 5.92 Å². The monoisotopic (exact) mass is 126 g/mol. The van der Waals surface area contributed by atoms with Crippen LogP contribution in [0.1, 0.15) is 40.5 Å². The van der Waals surface area contributed by atoms with E-state index in [1.54, 1.807) is 0 Å². The summed E-state index contributed by atoms with van der Waals surface area (Å²) in [6.07, 6.45) is 4.92. The third-order valence-corrected chi connectivity index (χ3v) is 1.62. The van der Waals surface area contributed by atoms with Crippen LogP contribution < -0.4 is 0 Å². The summed E-state index contributed by atoms with van der Waals surface area (Å²) in [7, 11) is 0. The van der Waals surface area contributed by atoms with E-state index in [1.165, 1.54) is 18.4 Å². The van der Waals surface area contributed by atoms with Crippen LogP contribution in [0.15, 0.2) is 11.6 Å². The van der Waals surface area contributed by atoms with E-state index in [4.69, 9.17) is 0 Å². The molecule has 0 fully saturated rings. The zero-order valence-corrected chi connectivity index (χ0v) is 7.07. The Kier molecular flexibility index (Phi) is 4.47. The summed E-state index contributed by atoms with van der Waals surface area (Å²) in [4.78, 5) is 0. The van der Waals surface area contributed by atoms with E-state index in [0.29, 0.717) is 0 Å². The van der Waals surface area contributed by atoms with Gasteiger partial charge in [-0.1, -0.05) is 25.5 Å². The highest BCUT2D eigenvalue weighted by molar-refractivity contribution is 4.96. The molecule has 0 spiro atoms. The second-order valence-corrected chi connectivity index (χ2v) is 2.82. The molecule has 9 heavy (non-hydrogen) atoms. The predicted molar refractivity (Wildman–Crippen MR) is 43.5 cm³/mol. The van der Waals surface area contributed by atoms with Crippen molar-refractivity contribution in [2.75, 3.05) is 0 Å². The van der Waals surface area contributed by atoms with E-state index < -0.39 is 0 Å². The number of hydrogen-bond acceptors (Lipinski definition) is 0. The Bertz CT molecular complexity index is 82.2. The fourth-order valence-electron chi connectivity index (χ4n) is 0.996. The standard InChI is InChI=1S/C9H18/c1-5-9(6-2)7-8(3)4/h7,9H,5-6H2,1-4H3. The molecule has 0 heterocycles. The van der Waals surface area contributed by atoms with Gasteiger partial charge in [-0.15, -0.1) is 0 Å². The molecule has 0 bridgehead atoms. The summed E-state index contributed by atoms with van der Waals surface area (Å²) in [6, 6.07) is 0. The molecule has 0 heteroatoms. The molecule has 0 radical (unpaired) electrons. The molecule has 0 aromatic heterocycles. The summed E-state index contributed by atoms with van der Waals surface area (Å²) < 4.78 is 0. The lowest BCUT2D eigenvalue weighted by molar-refractivity contribution is 0.602. The molecule has 0 aromatic carbocycles. The zero-order chi connectivity index (χ0) is 7.28. The van der Waals surface area contributed by atoms with Gasteiger partial charge >= 0.3 is 0 Å². The third kappa shape index (κ3) is 4.26. The third-order valence-electron chi connectivity index (χ3n) is 1.62. The first-order valence-electron chi connectivity index (χ1n) is 3.85. The first kappa shape index (κ1) is 8.74. The van der Waals surface area contributed by atoms with Gasteiger partial charge in [0.1, 0.15) is 0 Å². The molecule has 0 aliphatic carbocycles. The average molecular weight is 126 g/mol. The lowest BCUT2D eigenvalue weighted by Crippen LogP contribution is -1.90. The van der Waals surface area contributed by atoms with Gasteiger partial charge in [0.05, 0.1) is 0 Å². The summed E-state index contributed by atoms with van der Waals surface area (Å²) in [5.74, 6) is 0.815. The number of rotatable bonds is 3. The lowest BCUT2D eigenvalue weighted by Gasteiger charge is -2.05. The van der Waals surface area contributed by atoms with Crippen LogP contribution in [0.5, 0.6) is 0 Å². The van der Waals surface area contributed by atoms with Crippen LogP contribution in [0.25, 0.3) is 0 Å². The van der Waals surface area contributed by atoms with Crippen LogP contribution >= 0.6 is 0 Å². The van der Waals surface area contributed by atoms with Gasteiger partial charge in [-0.2, -0.15) is 0 Å². The molecular formula is C9H18. The predicted octanol–water partition coefficient (Wildman–Crippen LogP) is 3.39. The lowest BCUT2D eigenvalue weighted by atomic mass is 10.0. The molecule has 0 saturated carbocycles. The molecular weight excluding hydrogens is 108 g/mol. The zero-order valence-electron chi connectivity index (χ0n) is 7.07. The van der Waals surface area contributed by atoms with Gasteiger partial charge in [0.15, 0.2) is 0 Å². The van der Waals surface area contributed by atoms with Crippen LogP contribution in [0.4, 0.5) is 0 Å². The minimum Gasteiger partial charge on any atom is -0.0828 e. The van der Waals surface area contributed by atoms with Gasteiger partial charge in [0.25, 0.3) is 0 Å². The Morgan fingerprint density at radius 2 is 1.67 bits per heavy atom. The molecule has 0 aromatic rings. The normalized spacial score (nSPS) is 9.89. The molecule has 0 nitrogen and oxygen atoms in total. The van der Waals surface area contributed by atoms with Crippen LogP contribution in [0.3, 0.4) is 0 Å². The van der Waals surface area contributed by atoms with Crippen LogP contribution in [-0.2, 0) is 0 Å². The maximum atomic E-state index is 2.36. The maximum absolute atomic E-state index is 2.36. The summed E-state index contributed by atoms with van der Waals surface area (Å²) >= 11 is 0. The van der Waals surface area contributed by atoms with E-state index in [2.05, 4.69) is 33.8 Å². The Morgan fingerprint density at radius 3 is 1.78 bits per heavy atom. The fraction of sp³-hybridized carbons (Fsp3) is 0.778. The maximum Gasteiger partial charge on any atom is -0.0236 e. The first-order chi connectivity index (χ1) is 4.20. The van der Waals surface area contributed by atoms with Gasteiger partial charge in [0.2, 0.25) is 0 Å². The quantitative estimate of drug-likeness (QED) is 0.508. The average Bonchev–Trinajstić information content (AvgIpc) is 1.82. The van der Waals surface area contributed by atoms with Crippen molar-refractivity contribution in [2.45, 2.75) is 40.5 Å². The highest BCUT2D eigenvalue weighted by Crippen LogP contribution is 2.10. The molecule has 0 saturated heterocycles.